The van der Waals surface area contributed by atoms with Crippen molar-refractivity contribution in [3.63, 3.8) is 0 Å². The van der Waals surface area contributed by atoms with Gasteiger partial charge in [0.2, 0.25) is 11.9 Å². The van der Waals surface area contributed by atoms with Gasteiger partial charge in [0.15, 0.2) is 5.78 Å². The minimum absolute atomic E-state index is 0.00558. The fraction of sp³-hybridized carbons (Fsp3) is 0.148. The Hall–Kier alpha value is -4.57. The zero-order valence-electron chi connectivity index (χ0n) is 20.0. The SMILES string of the molecule is CN[C@H](C)C(=O)Nc1ccc(-c2ccc(F)nc2)n(Cc2cncc(C(=O)c3ccc(F)cc3)c2)c1=O. The Balaban J connectivity index is 1.74. The number of halogens is 2. The quantitative estimate of drug-likeness (QED) is 0.282. The molecule has 8 nitrogen and oxygen atoms in total. The maximum absolute atomic E-state index is 13.5. The summed E-state index contributed by atoms with van der Waals surface area (Å²) in [7, 11) is 1.63. The smallest absolute Gasteiger partial charge is 0.275 e. The van der Waals surface area contributed by atoms with E-state index in [1.807, 2.05) is 0 Å². The summed E-state index contributed by atoms with van der Waals surface area (Å²) in [6, 6.07) is 12.0. The number of pyridine rings is 3. The van der Waals surface area contributed by atoms with Gasteiger partial charge in [0.05, 0.1) is 18.3 Å². The molecule has 3 heterocycles. The van der Waals surface area contributed by atoms with E-state index in [0.29, 0.717) is 22.4 Å². The number of likely N-dealkylation sites (N-methyl/N-ethyl adjacent to an activating group) is 1. The third-order valence-electron chi connectivity index (χ3n) is 5.79. The van der Waals surface area contributed by atoms with Gasteiger partial charge < -0.3 is 15.2 Å². The van der Waals surface area contributed by atoms with Gasteiger partial charge in [-0.1, -0.05) is 0 Å². The van der Waals surface area contributed by atoms with Crippen LogP contribution in [0.1, 0.15) is 28.4 Å². The number of benzene rings is 1. The van der Waals surface area contributed by atoms with Crippen LogP contribution in [0.5, 0.6) is 0 Å². The van der Waals surface area contributed by atoms with Gasteiger partial charge in [-0.05, 0) is 74.1 Å². The first-order valence-corrected chi connectivity index (χ1v) is 11.3. The lowest BCUT2D eigenvalue weighted by atomic mass is 10.0. The Morgan fingerprint density at radius 2 is 1.73 bits per heavy atom. The summed E-state index contributed by atoms with van der Waals surface area (Å²) in [5.74, 6) is -1.87. The topological polar surface area (TPSA) is 106 Å². The number of rotatable bonds is 8. The Labute approximate surface area is 211 Å². The zero-order chi connectivity index (χ0) is 26.5. The van der Waals surface area contributed by atoms with E-state index in [4.69, 9.17) is 0 Å². The van der Waals surface area contributed by atoms with Crippen molar-refractivity contribution in [2.24, 2.45) is 0 Å². The molecular formula is C27H23F2N5O3. The predicted molar refractivity (Wildman–Crippen MR) is 134 cm³/mol. The van der Waals surface area contributed by atoms with E-state index < -0.39 is 29.3 Å². The van der Waals surface area contributed by atoms with Gasteiger partial charge in [0.1, 0.15) is 11.5 Å². The normalized spacial score (nSPS) is 11.7. The monoisotopic (exact) mass is 503 g/mol. The van der Waals surface area contributed by atoms with Crippen molar-refractivity contribution in [3.05, 3.63) is 112 Å². The molecule has 4 aromatic rings. The van der Waals surface area contributed by atoms with Crippen molar-refractivity contribution >= 4 is 17.4 Å². The maximum Gasteiger partial charge on any atom is 0.275 e. The molecule has 1 amide bonds. The van der Waals surface area contributed by atoms with Crippen LogP contribution >= 0.6 is 0 Å². The number of carbonyl (C=O) groups excluding carboxylic acids is 2. The van der Waals surface area contributed by atoms with Crippen LogP contribution in [-0.2, 0) is 11.3 Å². The summed E-state index contributed by atoms with van der Waals surface area (Å²) < 4.78 is 28.1. The van der Waals surface area contributed by atoms with E-state index in [-0.39, 0.29) is 23.6 Å². The van der Waals surface area contributed by atoms with Gasteiger partial charge >= 0.3 is 0 Å². The van der Waals surface area contributed by atoms with Gasteiger partial charge in [0, 0.05) is 35.3 Å². The van der Waals surface area contributed by atoms with Crippen LogP contribution < -0.4 is 16.2 Å². The Morgan fingerprint density at radius 3 is 2.41 bits per heavy atom. The first-order valence-electron chi connectivity index (χ1n) is 11.3. The van der Waals surface area contributed by atoms with Gasteiger partial charge in [-0.15, -0.1) is 0 Å². The summed E-state index contributed by atoms with van der Waals surface area (Å²) >= 11 is 0. The third-order valence-corrected chi connectivity index (χ3v) is 5.79. The highest BCUT2D eigenvalue weighted by Gasteiger charge is 2.17. The lowest BCUT2D eigenvalue weighted by molar-refractivity contribution is -0.117. The standard InChI is InChI=1S/C27H23F2N5O3/c1-16(30-2)26(36)33-22-8-9-23(19-5-10-24(29)32-14-19)34(27(22)37)15-17-11-20(13-31-12-17)25(35)18-3-6-21(28)7-4-18/h3-14,16,30H,15H2,1-2H3,(H,33,36)/t16-/m1/s1. The molecule has 2 N–H and O–H groups in total. The Kier molecular flexibility index (Phi) is 7.59. The number of ketones is 1. The van der Waals surface area contributed by atoms with Crippen LogP contribution in [0.4, 0.5) is 14.5 Å². The summed E-state index contributed by atoms with van der Waals surface area (Å²) in [6.07, 6.45) is 4.20. The van der Waals surface area contributed by atoms with Crippen molar-refractivity contribution < 1.29 is 18.4 Å². The van der Waals surface area contributed by atoms with Crippen molar-refractivity contribution in [1.82, 2.24) is 19.9 Å². The molecule has 1 aromatic carbocycles. The molecule has 4 rings (SSSR count). The van der Waals surface area contributed by atoms with E-state index in [1.165, 1.54) is 65.6 Å². The second kappa shape index (κ2) is 11.0. The number of hydrogen-bond acceptors (Lipinski definition) is 6. The van der Waals surface area contributed by atoms with E-state index in [0.717, 1.165) is 0 Å². The molecule has 0 aliphatic heterocycles. The van der Waals surface area contributed by atoms with E-state index >= 15 is 0 Å². The van der Waals surface area contributed by atoms with Gasteiger partial charge in [0.25, 0.3) is 5.56 Å². The first-order chi connectivity index (χ1) is 17.8. The highest BCUT2D eigenvalue weighted by Crippen LogP contribution is 2.21. The van der Waals surface area contributed by atoms with Gasteiger partial charge in [-0.3, -0.25) is 19.4 Å². The molecule has 0 aliphatic carbocycles. The average molecular weight is 504 g/mol. The van der Waals surface area contributed by atoms with Crippen LogP contribution in [0.15, 0.2) is 78.0 Å². The number of aromatic nitrogens is 3. The second-order valence-electron chi connectivity index (χ2n) is 8.31. The van der Waals surface area contributed by atoms with Crippen LogP contribution in [0.2, 0.25) is 0 Å². The average Bonchev–Trinajstić information content (AvgIpc) is 2.91. The van der Waals surface area contributed by atoms with Crippen molar-refractivity contribution in [2.45, 2.75) is 19.5 Å². The fourth-order valence-electron chi connectivity index (χ4n) is 3.63. The molecule has 0 saturated carbocycles. The number of amides is 1. The van der Waals surface area contributed by atoms with Crippen molar-refractivity contribution in [3.8, 4) is 11.3 Å². The molecule has 188 valence electrons. The molecule has 0 bridgehead atoms. The molecular weight excluding hydrogens is 480 g/mol. The van der Waals surface area contributed by atoms with Crippen molar-refractivity contribution in [1.29, 1.82) is 0 Å². The summed E-state index contributed by atoms with van der Waals surface area (Å²) in [6.45, 7) is 1.65. The van der Waals surface area contributed by atoms with Crippen LogP contribution in [-0.4, -0.2) is 39.3 Å². The number of carbonyl (C=O) groups is 2. The largest absolute Gasteiger partial charge is 0.320 e. The molecule has 0 unspecified atom stereocenters. The summed E-state index contributed by atoms with van der Waals surface area (Å²) in [5, 5.41) is 5.43. The lowest BCUT2D eigenvalue weighted by Gasteiger charge is -2.17. The number of anilines is 1. The molecule has 3 aromatic heterocycles. The third kappa shape index (κ3) is 5.81. The predicted octanol–water partition coefficient (Wildman–Crippen LogP) is 3.41. The summed E-state index contributed by atoms with van der Waals surface area (Å²) in [4.78, 5) is 46.6. The maximum atomic E-state index is 13.5. The van der Waals surface area contributed by atoms with Crippen molar-refractivity contribution in [2.75, 3.05) is 12.4 Å². The molecule has 0 aliphatic rings. The highest BCUT2D eigenvalue weighted by atomic mass is 19.1. The molecule has 0 radical (unpaired) electrons. The van der Waals surface area contributed by atoms with Gasteiger partial charge in [-0.25, -0.2) is 9.37 Å². The van der Waals surface area contributed by atoms with Crippen LogP contribution in [0, 0.1) is 11.8 Å². The van der Waals surface area contributed by atoms with E-state index in [2.05, 4.69) is 20.6 Å². The molecule has 0 spiro atoms. The zero-order valence-corrected chi connectivity index (χ0v) is 20.0. The van der Waals surface area contributed by atoms with E-state index in [1.54, 1.807) is 26.1 Å². The number of hydrogen-bond donors (Lipinski definition) is 2. The van der Waals surface area contributed by atoms with Crippen LogP contribution in [0.25, 0.3) is 11.3 Å². The first kappa shape index (κ1) is 25.5. The molecule has 0 saturated heterocycles. The second-order valence-corrected chi connectivity index (χ2v) is 8.31. The van der Waals surface area contributed by atoms with Crippen LogP contribution in [0.3, 0.4) is 0 Å². The number of nitrogens with zero attached hydrogens (tertiary/aromatic N) is 3. The summed E-state index contributed by atoms with van der Waals surface area (Å²) in [5.41, 5.74) is 1.52. The molecule has 37 heavy (non-hydrogen) atoms. The highest BCUT2D eigenvalue weighted by molar-refractivity contribution is 6.08. The Morgan fingerprint density at radius 1 is 0.973 bits per heavy atom. The molecule has 10 heteroatoms. The molecule has 0 fully saturated rings. The van der Waals surface area contributed by atoms with Gasteiger partial charge in [-0.2, -0.15) is 4.39 Å². The minimum atomic E-state index is -0.668. The number of nitrogens with one attached hydrogen (secondary N) is 2. The lowest BCUT2D eigenvalue weighted by Crippen LogP contribution is -2.37. The minimum Gasteiger partial charge on any atom is -0.320 e. The Bertz CT molecular complexity index is 1500. The fourth-order valence-corrected chi connectivity index (χ4v) is 3.63. The molecule has 1 atom stereocenters. The van der Waals surface area contributed by atoms with E-state index in [9.17, 15) is 23.2 Å².